The van der Waals surface area contributed by atoms with Gasteiger partial charge in [0.2, 0.25) is 0 Å². The number of ether oxygens (including phenoxy) is 1. The molecule has 0 aliphatic carbocycles. The van der Waals surface area contributed by atoms with E-state index < -0.39 is 0 Å². The molecule has 2 atom stereocenters. The molecule has 0 fully saturated rings. The normalized spacial score (nSPS) is 24.6. The molecular formula is C13H17N3O. The van der Waals surface area contributed by atoms with Crippen molar-refractivity contribution in [2.24, 2.45) is 5.73 Å². The van der Waals surface area contributed by atoms with Crippen LogP contribution in [-0.2, 0) is 4.74 Å². The zero-order chi connectivity index (χ0) is 11.8. The fourth-order valence-corrected chi connectivity index (χ4v) is 2.49. The second kappa shape index (κ2) is 4.13. The first-order valence-corrected chi connectivity index (χ1v) is 6.10. The highest BCUT2D eigenvalue weighted by molar-refractivity contribution is 5.82. The largest absolute Gasteiger partial charge is 0.370 e. The van der Waals surface area contributed by atoms with Crippen molar-refractivity contribution in [3.05, 3.63) is 30.0 Å². The van der Waals surface area contributed by atoms with Crippen LogP contribution in [-0.4, -0.2) is 22.9 Å². The second-order valence-corrected chi connectivity index (χ2v) is 4.58. The molecule has 17 heavy (non-hydrogen) atoms. The summed E-state index contributed by atoms with van der Waals surface area (Å²) >= 11 is 0. The van der Waals surface area contributed by atoms with Crippen molar-refractivity contribution in [1.29, 1.82) is 0 Å². The van der Waals surface area contributed by atoms with Gasteiger partial charge in [-0.2, -0.15) is 5.10 Å². The molecule has 0 bridgehead atoms. The van der Waals surface area contributed by atoms with E-state index in [-0.39, 0.29) is 6.10 Å². The molecule has 2 aromatic rings. The summed E-state index contributed by atoms with van der Waals surface area (Å²) in [5.41, 5.74) is 7.98. The Balaban J connectivity index is 2.26. The van der Waals surface area contributed by atoms with E-state index in [1.165, 1.54) is 0 Å². The molecule has 4 heteroatoms. The maximum Gasteiger partial charge on any atom is 0.112 e. The Morgan fingerprint density at radius 3 is 3.12 bits per heavy atom. The van der Waals surface area contributed by atoms with Crippen molar-refractivity contribution in [3.8, 4) is 0 Å². The molecule has 0 saturated carbocycles. The number of hydrogen-bond donors (Lipinski definition) is 1. The van der Waals surface area contributed by atoms with Gasteiger partial charge in [0.05, 0.1) is 17.3 Å². The first-order chi connectivity index (χ1) is 8.31. The first-order valence-electron chi connectivity index (χ1n) is 6.10. The third-order valence-electron chi connectivity index (χ3n) is 3.43. The number of nitrogens with two attached hydrogens (primary N) is 1. The predicted octanol–water partition coefficient (Wildman–Crippen LogP) is 2.02. The summed E-state index contributed by atoms with van der Waals surface area (Å²) in [6.45, 7) is 3.43. The van der Waals surface area contributed by atoms with Crippen LogP contribution >= 0.6 is 0 Å². The lowest BCUT2D eigenvalue weighted by atomic mass is 10.1. The molecule has 3 rings (SSSR count). The van der Waals surface area contributed by atoms with Gasteiger partial charge >= 0.3 is 0 Å². The van der Waals surface area contributed by atoms with Crippen LogP contribution in [0, 0.1) is 0 Å². The Morgan fingerprint density at radius 1 is 1.47 bits per heavy atom. The van der Waals surface area contributed by atoms with Gasteiger partial charge in [-0.05, 0) is 19.4 Å². The molecule has 4 nitrogen and oxygen atoms in total. The average Bonchev–Trinajstić information content (AvgIpc) is 2.66. The van der Waals surface area contributed by atoms with Crippen molar-refractivity contribution in [2.75, 3.05) is 13.2 Å². The van der Waals surface area contributed by atoms with Gasteiger partial charge in [0, 0.05) is 18.5 Å². The van der Waals surface area contributed by atoms with Gasteiger partial charge in [-0.15, -0.1) is 0 Å². The fraction of sp³-hybridized carbons (Fsp3) is 0.462. The number of nitrogens with zero attached hydrogens (tertiary/aromatic N) is 2. The maximum atomic E-state index is 5.83. The Hall–Kier alpha value is -1.39. The molecular weight excluding hydrogens is 214 g/mol. The lowest BCUT2D eigenvalue weighted by Gasteiger charge is -2.14. The minimum atomic E-state index is -0.0349. The molecule has 2 heterocycles. The molecule has 90 valence electrons. The molecule has 0 amide bonds. The summed E-state index contributed by atoms with van der Waals surface area (Å²) in [5.74, 6) is 0. The lowest BCUT2D eigenvalue weighted by Crippen LogP contribution is -2.18. The molecule has 0 unspecified atom stereocenters. The Kier molecular flexibility index (Phi) is 2.61. The van der Waals surface area contributed by atoms with E-state index in [1.807, 2.05) is 18.2 Å². The Morgan fingerprint density at radius 2 is 2.29 bits per heavy atom. The quantitative estimate of drug-likeness (QED) is 0.817. The van der Waals surface area contributed by atoms with Crippen LogP contribution in [0.3, 0.4) is 0 Å². The molecule has 0 saturated heterocycles. The van der Waals surface area contributed by atoms with Gasteiger partial charge in [0.1, 0.15) is 6.10 Å². The van der Waals surface area contributed by atoms with Gasteiger partial charge in [-0.3, -0.25) is 4.68 Å². The lowest BCUT2D eigenvalue weighted by molar-refractivity contribution is 0.0618. The molecule has 1 aliphatic heterocycles. The highest BCUT2D eigenvalue weighted by Gasteiger charge is 2.25. The van der Waals surface area contributed by atoms with Crippen molar-refractivity contribution in [2.45, 2.75) is 25.5 Å². The monoisotopic (exact) mass is 231 g/mol. The van der Waals surface area contributed by atoms with Gasteiger partial charge in [-0.1, -0.05) is 18.2 Å². The van der Waals surface area contributed by atoms with Crippen molar-refractivity contribution < 1.29 is 4.74 Å². The predicted molar refractivity (Wildman–Crippen MR) is 66.8 cm³/mol. The van der Waals surface area contributed by atoms with Crippen LogP contribution in [0.15, 0.2) is 24.3 Å². The Labute approximate surface area is 100 Å². The smallest absolute Gasteiger partial charge is 0.112 e. The van der Waals surface area contributed by atoms with E-state index in [0.29, 0.717) is 12.6 Å². The van der Waals surface area contributed by atoms with Gasteiger partial charge < -0.3 is 10.5 Å². The minimum absolute atomic E-state index is 0.0349. The highest BCUT2D eigenvalue weighted by atomic mass is 16.5. The molecule has 1 aromatic carbocycles. The standard InChI is InChI=1S/C13H17N3O/c1-9-6-7-17-12(8-14)13-10-4-2-3-5-11(10)15-16(9)13/h2-5,9,12H,6-8,14H2,1H3/t9-,12+/m0/s1. The first kappa shape index (κ1) is 10.7. The molecule has 2 N–H and O–H groups in total. The third kappa shape index (κ3) is 1.64. The second-order valence-electron chi connectivity index (χ2n) is 4.58. The average molecular weight is 231 g/mol. The molecule has 1 aliphatic rings. The van der Waals surface area contributed by atoms with Crippen LogP contribution in [0.4, 0.5) is 0 Å². The van der Waals surface area contributed by atoms with Crippen LogP contribution in [0.25, 0.3) is 10.9 Å². The molecule has 0 spiro atoms. The molecule has 1 aromatic heterocycles. The zero-order valence-electron chi connectivity index (χ0n) is 9.97. The summed E-state index contributed by atoms with van der Waals surface area (Å²) < 4.78 is 7.92. The summed E-state index contributed by atoms with van der Waals surface area (Å²) in [4.78, 5) is 0. The van der Waals surface area contributed by atoms with Gasteiger partial charge in [0.25, 0.3) is 0 Å². The minimum Gasteiger partial charge on any atom is -0.370 e. The highest BCUT2D eigenvalue weighted by Crippen LogP contribution is 2.32. The van der Waals surface area contributed by atoms with E-state index in [4.69, 9.17) is 10.5 Å². The fourth-order valence-electron chi connectivity index (χ4n) is 2.49. The van der Waals surface area contributed by atoms with Gasteiger partial charge in [0.15, 0.2) is 0 Å². The number of rotatable bonds is 1. The van der Waals surface area contributed by atoms with Crippen molar-refractivity contribution in [1.82, 2.24) is 9.78 Å². The number of aromatic nitrogens is 2. The summed E-state index contributed by atoms with van der Waals surface area (Å²) in [7, 11) is 0. The van der Waals surface area contributed by atoms with E-state index in [2.05, 4.69) is 22.8 Å². The Bertz CT molecular complexity index is 534. The summed E-state index contributed by atoms with van der Waals surface area (Å²) in [6.07, 6.45) is 0.949. The van der Waals surface area contributed by atoms with Crippen LogP contribution in [0.2, 0.25) is 0 Å². The van der Waals surface area contributed by atoms with Crippen molar-refractivity contribution >= 4 is 10.9 Å². The van der Waals surface area contributed by atoms with Gasteiger partial charge in [-0.25, -0.2) is 0 Å². The topological polar surface area (TPSA) is 53.1 Å². The number of hydrogen-bond acceptors (Lipinski definition) is 3. The summed E-state index contributed by atoms with van der Waals surface area (Å²) in [6, 6.07) is 8.55. The summed E-state index contributed by atoms with van der Waals surface area (Å²) in [5, 5.41) is 5.84. The van der Waals surface area contributed by atoms with E-state index in [9.17, 15) is 0 Å². The number of benzene rings is 1. The van der Waals surface area contributed by atoms with E-state index in [0.717, 1.165) is 29.6 Å². The van der Waals surface area contributed by atoms with Crippen LogP contribution in [0.5, 0.6) is 0 Å². The van der Waals surface area contributed by atoms with Crippen molar-refractivity contribution in [3.63, 3.8) is 0 Å². The van der Waals surface area contributed by atoms with E-state index in [1.54, 1.807) is 0 Å². The molecule has 0 radical (unpaired) electrons. The zero-order valence-corrected chi connectivity index (χ0v) is 9.97. The third-order valence-corrected chi connectivity index (χ3v) is 3.43. The SMILES string of the molecule is C[C@H]1CCO[C@H](CN)c2c3ccccc3nn21. The van der Waals surface area contributed by atoms with Crippen LogP contribution in [0.1, 0.15) is 31.2 Å². The maximum absolute atomic E-state index is 5.83. The van der Waals surface area contributed by atoms with E-state index >= 15 is 0 Å². The van der Waals surface area contributed by atoms with Crippen LogP contribution < -0.4 is 5.73 Å². The number of fused-ring (bicyclic) bond motifs is 3.